The van der Waals surface area contributed by atoms with E-state index in [-0.39, 0.29) is 10.6 Å². The van der Waals surface area contributed by atoms with Gasteiger partial charge >= 0.3 is 0 Å². The summed E-state index contributed by atoms with van der Waals surface area (Å²) in [5, 5.41) is -0.286. The van der Waals surface area contributed by atoms with E-state index in [0.29, 0.717) is 5.41 Å². The summed E-state index contributed by atoms with van der Waals surface area (Å²) in [6.45, 7) is 7.04. The summed E-state index contributed by atoms with van der Waals surface area (Å²) in [6, 6.07) is 12.1. The van der Waals surface area contributed by atoms with Crippen LogP contribution < -0.4 is 0 Å². The fourth-order valence-corrected chi connectivity index (χ4v) is 9.80. The predicted octanol–water partition coefficient (Wildman–Crippen LogP) is 7.38. The van der Waals surface area contributed by atoms with Crippen molar-refractivity contribution < 1.29 is 0 Å². The number of aromatic amines is 2. The fourth-order valence-electron chi connectivity index (χ4n) is 8.37. The zero-order valence-corrected chi connectivity index (χ0v) is 23.2. The first-order chi connectivity index (χ1) is 16.3. The van der Waals surface area contributed by atoms with Crippen molar-refractivity contribution in [3.05, 3.63) is 82.9 Å². The van der Waals surface area contributed by atoms with Gasteiger partial charge < -0.3 is 9.97 Å². The van der Waals surface area contributed by atoms with Crippen LogP contribution in [0.2, 0.25) is 0 Å². The molecule has 5 atom stereocenters. The third-order valence-electron chi connectivity index (χ3n) is 9.73. The molecule has 0 radical (unpaired) electrons. The van der Waals surface area contributed by atoms with Crippen LogP contribution in [-0.4, -0.2) is 16.1 Å². The summed E-state index contributed by atoms with van der Waals surface area (Å²) >= 11 is 0. The largest absolute Gasteiger partial charge is 0.367 e. The van der Waals surface area contributed by atoms with Crippen LogP contribution in [0.4, 0.5) is 0 Å². The van der Waals surface area contributed by atoms with Crippen molar-refractivity contribution in [3.8, 4) is 0 Å². The van der Waals surface area contributed by atoms with Gasteiger partial charge in [0.05, 0.1) is 5.16 Å². The van der Waals surface area contributed by atoms with E-state index < -0.39 is 0 Å². The smallest absolute Gasteiger partial charge is 0.0623 e. The molecule has 0 amide bonds. The summed E-state index contributed by atoms with van der Waals surface area (Å²) in [4.78, 5) is 6.72. The van der Waals surface area contributed by atoms with Gasteiger partial charge in [-0.3, -0.25) is 0 Å². The highest BCUT2D eigenvalue weighted by Crippen LogP contribution is 2.65. The summed E-state index contributed by atoms with van der Waals surface area (Å²) in [5.41, 5.74) is 7.59. The number of aromatic nitrogens is 2. The van der Waals surface area contributed by atoms with Crippen molar-refractivity contribution in [2.24, 2.45) is 23.7 Å². The molecule has 0 spiro atoms. The molecule has 5 unspecified atom stereocenters. The molecular formula is C30H40N2P2. The average molecular weight is 491 g/mol. The number of nitrogens with one attached hydrogen (secondary N) is 2. The van der Waals surface area contributed by atoms with E-state index >= 15 is 0 Å². The molecule has 2 heterocycles. The maximum atomic E-state index is 3.36. The molecule has 2 nitrogen and oxygen atoms in total. The molecular weight excluding hydrogens is 450 g/mol. The molecule has 4 fully saturated rings. The molecule has 3 aromatic rings. The lowest BCUT2D eigenvalue weighted by atomic mass is 9.43. The summed E-state index contributed by atoms with van der Waals surface area (Å²) in [7, 11) is 6.47. The van der Waals surface area contributed by atoms with Crippen LogP contribution >= 0.6 is 18.5 Å². The predicted molar refractivity (Wildman–Crippen MR) is 150 cm³/mol. The Morgan fingerprint density at radius 2 is 1.50 bits per heavy atom. The second-order valence-corrected chi connectivity index (χ2v) is 14.0. The Morgan fingerprint density at radius 3 is 2.00 bits per heavy atom. The van der Waals surface area contributed by atoms with Crippen LogP contribution in [0.5, 0.6) is 0 Å². The van der Waals surface area contributed by atoms with Crippen LogP contribution in [0, 0.1) is 23.7 Å². The van der Waals surface area contributed by atoms with Crippen molar-refractivity contribution in [1.82, 2.24) is 9.97 Å². The molecule has 2 aromatic heterocycles. The van der Waals surface area contributed by atoms with Gasteiger partial charge in [0.15, 0.2) is 0 Å². The van der Waals surface area contributed by atoms with Gasteiger partial charge in [-0.05, 0) is 113 Å². The van der Waals surface area contributed by atoms with E-state index in [0.717, 1.165) is 23.7 Å². The monoisotopic (exact) mass is 490 g/mol. The maximum Gasteiger partial charge on any atom is 0.0623 e. The maximum absolute atomic E-state index is 3.36. The molecule has 4 bridgehead atoms. The second-order valence-electron chi connectivity index (χ2n) is 12.6. The lowest BCUT2D eigenvalue weighted by molar-refractivity contribution is -0.0522. The first kappa shape index (κ1) is 23.1. The van der Waals surface area contributed by atoms with Crippen molar-refractivity contribution in [2.75, 3.05) is 6.16 Å². The Kier molecular flexibility index (Phi) is 5.48. The van der Waals surface area contributed by atoms with Crippen LogP contribution in [-0.2, 0) is 16.0 Å². The molecule has 1 aromatic carbocycles. The lowest BCUT2D eigenvalue weighted by Gasteiger charge is -2.62. The first-order valence-corrected chi connectivity index (χ1v) is 14.6. The Labute approximate surface area is 209 Å². The van der Waals surface area contributed by atoms with E-state index in [1.807, 2.05) is 0 Å². The van der Waals surface area contributed by atoms with Gasteiger partial charge in [-0.25, -0.2) is 0 Å². The Balaban J connectivity index is 1.63. The van der Waals surface area contributed by atoms with Gasteiger partial charge in [-0.15, -0.1) is 18.5 Å². The zero-order chi connectivity index (χ0) is 23.7. The van der Waals surface area contributed by atoms with E-state index in [2.05, 4.69) is 104 Å². The van der Waals surface area contributed by atoms with Gasteiger partial charge in [0.25, 0.3) is 0 Å². The van der Waals surface area contributed by atoms with E-state index in [4.69, 9.17) is 0 Å². The van der Waals surface area contributed by atoms with Crippen LogP contribution in [0.1, 0.15) is 80.7 Å². The molecule has 34 heavy (non-hydrogen) atoms. The third-order valence-corrected chi connectivity index (χ3v) is 11.2. The quantitative estimate of drug-likeness (QED) is 0.350. The summed E-state index contributed by atoms with van der Waals surface area (Å²) in [5.74, 6) is 3.51. The van der Waals surface area contributed by atoms with Crippen molar-refractivity contribution in [2.45, 2.75) is 68.9 Å². The van der Waals surface area contributed by atoms with Crippen molar-refractivity contribution >= 4 is 18.5 Å². The van der Waals surface area contributed by atoms with Crippen LogP contribution in [0.15, 0.2) is 55.1 Å². The molecule has 2 N–H and O–H groups in total. The minimum Gasteiger partial charge on any atom is -0.367 e. The van der Waals surface area contributed by atoms with Crippen molar-refractivity contribution in [1.29, 1.82) is 0 Å². The summed E-state index contributed by atoms with van der Waals surface area (Å²) < 4.78 is 0. The zero-order valence-electron chi connectivity index (χ0n) is 20.9. The summed E-state index contributed by atoms with van der Waals surface area (Å²) in [6.07, 6.45) is 16.9. The molecule has 4 aliphatic carbocycles. The lowest BCUT2D eigenvalue weighted by Crippen LogP contribution is -2.56. The van der Waals surface area contributed by atoms with E-state index in [1.54, 1.807) is 5.56 Å². The normalized spacial score (nSPS) is 30.7. The molecule has 0 aliphatic heterocycles. The number of hydrogen-bond acceptors (Lipinski definition) is 0. The highest BCUT2D eigenvalue weighted by Gasteiger charge is 2.58. The molecule has 0 saturated heterocycles. The average Bonchev–Trinajstić information content (AvgIpc) is 3.52. The van der Waals surface area contributed by atoms with Gasteiger partial charge in [0.1, 0.15) is 0 Å². The third kappa shape index (κ3) is 3.35. The molecule has 4 aliphatic rings. The van der Waals surface area contributed by atoms with Gasteiger partial charge in [0, 0.05) is 24.8 Å². The molecule has 4 saturated carbocycles. The Hall–Kier alpha value is -1.36. The molecule has 180 valence electrons. The second kappa shape index (κ2) is 8.08. The molecule has 4 heteroatoms. The number of rotatable bonds is 5. The van der Waals surface area contributed by atoms with Crippen LogP contribution in [0.25, 0.3) is 0 Å². The van der Waals surface area contributed by atoms with E-state index in [1.165, 1.54) is 60.5 Å². The molecule has 7 rings (SSSR count). The first-order valence-electron chi connectivity index (χ1n) is 13.2. The topological polar surface area (TPSA) is 31.6 Å². The van der Waals surface area contributed by atoms with Gasteiger partial charge in [-0.1, -0.05) is 39.0 Å². The minimum atomic E-state index is -0.286. The van der Waals surface area contributed by atoms with Gasteiger partial charge in [-0.2, -0.15) is 0 Å². The highest BCUT2D eigenvalue weighted by atomic mass is 31.0. The van der Waals surface area contributed by atoms with Crippen LogP contribution in [0.3, 0.4) is 0 Å². The van der Waals surface area contributed by atoms with E-state index in [9.17, 15) is 0 Å². The number of hydrogen-bond donors (Lipinski definition) is 2. The Bertz CT molecular complexity index is 1110. The number of H-pyrrole nitrogens is 2. The minimum absolute atomic E-state index is 0.108. The Morgan fingerprint density at radius 1 is 0.882 bits per heavy atom. The number of benzene rings is 1. The highest BCUT2D eigenvalue weighted by molar-refractivity contribution is 7.19. The SMILES string of the molecule is CC(C)(C)c1ccc(C23CC4CC(CC(C4)C2CP)C3)c(C(P)(c2cc[nH]c2)c2cc[nH]c2)c1. The fraction of sp³-hybridized carbons (Fsp3) is 0.533. The standard InChI is InChI=1S/C30H40N2P2/c1-28(2,3)22-4-5-25(29-14-19-10-20(15-29)12-21(11-19)27(29)18-33)26(13-22)30(34,23-6-8-31-16-23)24-7-9-32-17-24/h4-9,13,16-17,19-21,27,31-32H,10-12,14-15,18,33-34H2,1-3H3. The van der Waals surface area contributed by atoms with Gasteiger partial charge in [0.2, 0.25) is 0 Å². The van der Waals surface area contributed by atoms with Crippen molar-refractivity contribution in [3.63, 3.8) is 0 Å².